The second-order valence-corrected chi connectivity index (χ2v) is 22.0. The molecule has 0 heterocycles. The fraction of sp³-hybridized carbons (Fsp3) is 0.712. The number of carbonyl (C=O) groups excluding carboxylic acids is 3. The Hall–Kier alpha value is -3.93. The van der Waals surface area contributed by atoms with Crippen molar-refractivity contribution in [2.24, 2.45) is 0 Å². The first-order valence-corrected chi connectivity index (χ1v) is 33.4. The number of ether oxygens (including phenoxy) is 3. The molecule has 0 aliphatic rings. The smallest absolute Gasteiger partial charge is 0.306 e. The van der Waals surface area contributed by atoms with E-state index in [4.69, 9.17) is 14.2 Å². The molecule has 0 aliphatic carbocycles. The zero-order valence-electron chi connectivity index (χ0n) is 51.9. The van der Waals surface area contributed by atoms with Gasteiger partial charge in [-0.25, -0.2) is 0 Å². The molecule has 0 spiro atoms. The van der Waals surface area contributed by atoms with Gasteiger partial charge in [0.05, 0.1) is 0 Å². The van der Waals surface area contributed by atoms with Gasteiger partial charge in [0.1, 0.15) is 13.2 Å². The van der Waals surface area contributed by atoms with Crippen LogP contribution in [0.2, 0.25) is 0 Å². The molecule has 452 valence electrons. The van der Waals surface area contributed by atoms with Gasteiger partial charge in [-0.1, -0.05) is 297 Å². The summed E-state index contributed by atoms with van der Waals surface area (Å²) in [7, 11) is 0. The van der Waals surface area contributed by atoms with Gasteiger partial charge >= 0.3 is 17.9 Å². The van der Waals surface area contributed by atoms with E-state index in [1.807, 2.05) is 0 Å². The summed E-state index contributed by atoms with van der Waals surface area (Å²) >= 11 is 0. The lowest BCUT2D eigenvalue weighted by molar-refractivity contribution is -0.167. The first kappa shape index (κ1) is 75.1. The average molecular weight is 1100 g/mol. The minimum Gasteiger partial charge on any atom is -0.462 e. The molecule has 0 amide bonds. The Morgan fingerprint density at radius 2 is 0.494 bits per heavy atom. The van der Waals surface area contributed by atoms with Gasteiger partial charge in [0.25, 0.3) is 0 Å². The first-order chi connectivity index (χ1) is 39.0. The molecular weight excluding hydrogens is 973 g/mol. The van der Waals surface area contributed by atoms with Gasteiger partial charge < -0.3 is 14.2 Å². The van der Waals surface area contributed by atoms with E-state index in [1.54, 1.807) is 0 Å². The van der Waals surface area contributed by atoms with Crippen LogP contribution in [0.4, 0.5) is 0 Å². The highest BCUT2D eigenvalue weighted by Gasteiger charge is 2.19. The Labute approximate surface area is 489 Å². The Morgan fingerprint density at radius 1 is 0.266 bits per heavy atom. The molecule has 1 atom stereocenters. The average Bonchev–Trinajstić information content (AvgIpc) is 3.45. The summed E-state index contributed by atoms with van der Waals surface area (Å²) in [4.78, 5) is 38.3. The van der Waals surface area contributed by atoms with Gasteiger partial charge in [-0.15, -0.1) is 0 Å². The van der Waals surface area contributed by atoms with Crippen molar-refractivity contribution in [2.75, 3.05) is 13.2 Å². The fourth-order valence-electron chi connectivity index (χ4n) is 9.28. The van der Waals surface area contributed by atoms with Crippen molar-refractivity contribution in [3.05, 3.63) is 109 Å². The predicted octanol–water partition coefficient (Wildman–Crippen LogP) is 23.0. The normalized spacial score (nSPS) is 12.8. The molecule has 0 radical (unpaired) electrons. The molecule has 0 N–H and O–H groups in total. The van der Waals surface area contributed by atoms with E-state index in [9.17, 15) is 14.4 Å². The number of esters is 3. The van der Waals surface area contributed by atoms with E-state index in [0.717, 1.165) is 122 Å². The highest BCUT2D eigenvalue weighted by Crippen LogP contribution is 2.16. The molecule has 6 nitrogen and oxygen atoms in total. The van der Waals surface area contributed by atoms with Crippen LogP contribution in [0.1, 0.15) is 316 Å². The molecule has 0 fully saturated rings. The molecule has 0 bridgehead atoms. The number of carbonyl (C=O) groups is 3. The quantitative estimate of drug-likeness (QED) is 0.0261. The van der Waals surface area contributed by atoms with E-state index in [2.05, 4.69) is 130 Å². The van der Waals surface area contributed by atoms with Crippen molar-refractivity contribution in [1.29, 1.82) is 0 Å². The maximum absolute atomic E-state index is 12.9. The molecule has 0 aromatic heterocycles. The predicted molar refractivity (Wildman–Crippen MR) is 343 cm³/mol. The summed E-state index contributed by atoms with van der Waals surface area (Å²) in [6.07, 6.45) is 91.0. The van der Waals surface area contributed by atoms with Crippen molar-refractivity contribution in [3.63, 3.8) is 0 Å². The summed E-state index contributed by atoms with van der Waals surface area (Å²) in [5.41, 5.74) is 0. The van der Waals surface area contributed by atoms with Gasteiger partial charge in [-0.3, -0.25) is 14.4 Å². The largest absolute Gasteiger partial charge is 0.462 e. The number of unbranched alkanes of at least 4 members (excludes halogenated alkanes) is 31. The number of hydrogen-bond donors (Lipinski definition) is 0. The van der Waals surface area contributed by atoms with Crippen LogP contribution in [-0.2, 0) is 28.6 Å². The van der Waals surface area contributed by atoms with Crippen LogP contribution in [-0.4, -0.2) is 37.2 Å². The molecule has 0 rings (SSSR count). The van der Waals surface area contributed by atoms with E-state index >= 15 is 0 Å². The molecule has 0 aromatic rings. The van der Waals surface area contributed by atoms with Crippen LogP contribution in [0, 0.1) is 0 Å². The number of rotatable bonds is 60. The second-order valence-electron chi connectivity index (χ2n) is 22.0. The highest BCUT2D eigenvalue weighted by atomic mass is 16.6. The van der Waals surface area contributed by atoms with Crippen molar-refractivity contribution >= 4 is 17.9 Å². The van der Waals surface area contributed by atoms with Crippen molar-refractivity contribution in [3.8, 4) is 0 Å². The van der Waals surface area contributed by atoms with Crippen LogP contribution in [0.15, 0.2) is 109 Å². The summed E-state index contributed by atoms with van der Waals surface area (Å²) in [6.45, 7) is 6.52. The Morgan fingerprint density at radius 3 is 0.797 bits per heavy atom. The van der Waals surface area contributed by atoms with E-state index in [1.165, 1.54) is 154 Å². The van der Waals surface area contributed by atoms with E-state index in [0.29, 0.717) is 19.3 Å². The Balaban J connectivity index is 4.25. The molecule has 79 heavy (non-hydrogen) atoms. The molecule has 0 aliphatic heterocycles. The summed E-state index contributed by atoms with van der Waals surface area (Å²) in [6, 6.07) is 0. The lowest BCUT2D eigenvalue weighted by atomic mass is 10.0. The third kappa shape index (κ3) is 64.8. The summed E-state index contributed by atoms with van der Waals surface area (Å²) < 4.78 is 16.9. The number of allylic oxidation sites excluding steroid dienone is 18. The topological polar surface area (TPSA) is 78.9 Å². The summed E-state index contributed by atoms with van der Waals surface area (Å²) in [5, 5.41) is 0. The van der Waals surface area contributed by atoms with Crippen molar-refractivity contribution in [2.45, 2.75) is 322 Å². The maximum Gasteiger partial charge on any atom is 0.306 e. The highest BCUT2D eigenvalue weighted by molar-refractivity contribution is 5.71. The minimum absolute atomic E-state index is 0.0819. The van der Waals surface area contributed by atoms with Crippen LogP contribution in [0.3, 0.4) is 0 Å². The van der Waals surface area contributed by atoms with Gasteiger partial charge in [0, 0.05) is 19.3 Å². The van der Waals surface area contributed by atoms with Crippen molar-refractivity contribution in [1.82, 2.24) is 0 Å². The standard InChI is InChI=1S/C73H124O6/c1-4-7-10-13-16-19-22-25-27-28-29-30-31-32-33-34-35-36-37-38-39-40-41-42-43-44-46-48-51-54-57-60-63-66-72(75)78-69-70(68-77-71(74)65-62-59-56-53-50-47-24-21-18-15-12-9-6-3)79-73(76)67-64-61-58-55-52-49-45-26-23-20-17-14-11-8-5-2/h7,10,16,19,21,24-25,27,29-30,32-33,35-36,38-39,41-42,70H,4-6,8-9,11-15,17-18,20,22-23,26,28,31,34,37,40,43-69H2,1-3H3/b10-7-,19-16-,24-21-,27-25-,30-29-,33-32-,36-35-,39-38-,42-41-. The van der Waals surface area contributed by atoms with Crippen molar-refractivity contribution < 1.29 is 28.6 Å². The molecule has 1 unspecified atom stereocenters. The second kappa shape index (κ2) is 66.6. The van der Waals surface area contributed by atoms with Gasteiger partial charge in [0.2, 0.25) is 0 Å². The Kier molecular flexibility index (Phi) is 63.3. The van der Waals surface area contributed by atoms with Crippen LogP contribution < -0.4 is 0 Å². The molecule has 0 saturated carbocycles. The van der Waals surface area contributed by atoms with E-state index in [-0.39, 0.29) is 31.1 Å². The van der Waals surface area contributed by atoms with Crippen LogP contribution in [0.25, 0.3) is 0 Å². The molecular formula is C73H124O6. The fourth-order valence-corrected chi connectivity index (χ4v) is 9.28. The SMILES string of the molecule is CC/C=C\C/C=C\C/C=C\C/C=C\C/C=C\C/C=C\C/C=C\C/C=C\CCCCCCCCCCC(=O)OCC(COC(=O)CCCCCCC/C=C\CCCCCC)OC(=O)CCCCCCCCCCCCCCCCC. The Bertz CT molecular complexity index is 1590. The molecule has 0 saturated heterocycles. The minimum atomic E-state index is -0.784. The van der Waals surface area contributed by atoms with Gasteiger partial charge in [-0.2, -0.15) is 0 Å². The third-order valence-electron chi connectivity index (χ3n) is 14.3. The van der Waals surface area contributed by atoms with Crippen LogP contribution in [0.5, 0.6) is 0 Å². The third-order valence-corrected chi connectivity index (χ3v) is 14.3. The summed E-state index contributed by atoms with van der Waals surface area (Å²) in [5.74, 6) is -0.887. The number of hydrogen-bond acceptors (Lipinski definition) is 6. The van der Waals surface area contributed by atoms with Crippen LogP contribution >= 0.6 is 0 Å². The monoisotopic (exact) mass is 1100 g/mol. The lowest BCUT2D eigenvalue weighted by Crippen LogP contribution is -2.30. The molecule has 6 heteroatoms. The first-order valence-electron chi connectivity index (χ1n) is 33.4. The van der Waals surface area contributed by atoms with E-state index < -0.39 is 6.10 Å². The molecule has 0 aromatic carbocycles. The zero-order chi connectivity index (χ0) is 57.1. The lowest BCUT2D eigenvalue weighted by Gasteiger charge is -2.18. The maximum atomic E-state index is 12.9. The van der Waals surface area contributed by atoms with Gasteiger partial charge in [-0.05, 0) is 109 Å². The van der Waals surface area contributed by atoms with Gasteiger partial charge in [0.15, 0.2) is 6.10 Å². The zero-order valence-corrected chi connectivity index (χ0v) is 51.9.